The molecule has 118 valence electrons. The van der Waals surface area contributed by atoms with E-state index in [4.69, 9.17) is 0 Å². The number of phenols is 1. The summed E-state index contributed by atoms with van der Waals surface area (Å²) < 4.78 is 1.79. The molecule has 3 heterocycles. The summed E-state index contributed by atoms with van der Waals surface area (Å²) in [4.78, 5) is 8.43. The molecule has 4 rings (SSSR count). The molecule has 0 spiro atoms. The van der Waals surface area contributed by atoms with Crippen molar-refractivity contribution in [1.82, 2.24) is 19.6 Å². The van der Waals surface area contributed by atoms with Crippen molar-refractivity contribution in [3.05, 3.63) is 66.6 Å². The van der Waals surface area contributed by atoms with E-state index >= 15 is 0 Å². The van der Waals surface area contributed by atoms with Crippen LogP contribution in [0.3, 0.4) is 0 Å². The smallest absolute Gasteiger partial charge is 0.154 e. The summed E-state index contributed by atoms with van der Waals surface area (Å²) in [6.07, 6.45) is 5.28. The van der Waals surface area contributed by atoms with Gasteiger partial charge < -0.3 is 10.4 Å². The number of benzene rings is 1. The van der Waals surface area contributed by atoms with E-state index in [2.05, 4.69) is 20.4 Å². The summed E-state index contributed by atoms with van der Waals surface area (Å²) >= 11 is 0. The Morgan fingerprint density at radius 1 is 1.04 bits per heavy atom. The highest BCUT2D eigenvalue weighted by molar-refractivity contribution is 5.66. The van der Waals surface area contributed by atoms with E-state index < -0.39 is 0 Å². The summed E-state index contributed by atoms with van der Waals surface area (Å²) in [5.74, 6) is 0.883. The van der Waals surface area contributed by atoms with Gasteiger partial charge in [0.2, 0.25) is 0 Å². The molecule has 0 bridgehead atoms. The van der Waals surface area contributed by atoms with Gasteiger partial charge in [0.25, 0.3) is 0 Å². The van der Waals surface area contributed by atoms with E-state index in [-0.39, 0.29) is 5.75 Å². The molecular formula is C18H15N5O. The number of aromatic hydroxyl groups is 1. The Labute approximate surface area is 138 Å². The molecule has 0 saturated heterocycles. The third kappa shape index (κ3) is 2.54. The van der Waals surface area contributed by atoms with E-state index in [9.17, 15) is 5.11 Å². The predicted octanol–water partition coefficient (Wildman–Crippen LogP) is 3.55. The van der Waals surface area contributed by atoms with Crippen molar-refractivity contribution in [2.45, 2.75) is 6.92 Å². The Balaban J connectivity index is 1.76. The third-order valence-corrected chi connectivity index (χ3v) is 3.82. The minimum absolute atomic E-state index is 0.212. The number of aryl methyl sites for hydroxylation is 1. The summed E-state index contributed by atoms with van der Waals surface area (Å²) in [6.45, 7) is 1.97. The lowest BCUT2D eigenvalue weighted by Gasteiger charge is -2.10. The van der Waals surface area contributed by atoms with Crippen LogP contribution in [0.1, 0.15) is 5.56 Å². The van der Waals surface area contributed by atoms with Crippen molar-refractivity contribution in [1.29, 1.82) is 0 Å². The first-order valence-corrected chi connectivity index (χ1v) is 7.52. The van der Waals surface area contributed by atoms with Gasteiger partial charge in [-0.15, -0.1) is 5.10 Å². The molecule has 4 aromatic rings. The number of pyridine rings is 1. The van der Waals surface area contributed by atoms with Crippen LogP contribution < -0.4 is 5.32 Å². The average Bonchev–Trinajstić information content (AvgIpc) is 3.02. The van der Waals surface area contributed by atoms with E-state index in [1.807, 2.05) is 37.3 Å². The van der Waals surface area contributed by atoms with Crippen molar-refractivity contribution in [3.63, 3.8) is 0 Å². The Morgan fingerprint density at radius 2 is 1.88 bits per heavy atom. The van der Waals surface area contributed by atoms with Crippen molar-refractivity contribution in [3.8, 4) is 17.0 Å². The number of imidazole rings is 1. The van der Waals surface area contributed by atoms with Crippen LogP contribution >= 0.6 is 0 Å². The van der Waals surface area contributed by atoms with Gasteiger partial charge in [0.05, 0.1) is 11.9 Å². The van der Waals surface area contributed by atoms with Crippen LogP contribution in [0.5, 0.6) is 5.75 Å². The van der Waals surface area contributed by atoms with E-state index in [0.717, 1.165) is 28.2 Å². The number of fused-ring (bicyclic) bond motifs is 1. The first kappa shape index (κ1) is 14.2. The highest BCUT2D eigenvalue weighted by Crippen LogP contribution is 2.25. The molecule has 0 aliphatic rings. The topological polar surface area (TPSA) is 75.3 Å². The second kappa shape index (κ2) is 5.66. The molecule has 0 aliphatic carbocycles. The number of anilines is 2. The maximum absolute atomic E-state index is 9.67. The van der Waals surface area contributed by atoms with Gasteiger partial charge in [0.1, 0.15) is 5.75 Å². The molecule has 0 amide bonds. The maximum atomic E-state index is 9.67. The van der Waals surface area contributed by atoms with Crippen LogP contribution in [-0.4, -0.2) is 24.7 Å². The molecule has 0 saturated carbocycles. The molecule has 0 radical (unpaired) electrons. The Morgan fingerprint density at radius 3 is 2.71 bits per heavy atom. The fourth-order valence-corrected chi connectivity index (χ4v) is 2.54. The molecule has 0 aliphatic heterocycles. The molecule has 0 atom stereocenters. The summed E-state index contributed by atoms with van der Waals surface area (Å²) in [5, 5.41) is 17.5. The molecule has 1 aromatic carbocycles. The van der Waals surface area contributed by atoms with Gasteiger partial charge in [-0.1, -0.05) is 6.07 Å². The quantitative estimate of drug-likeness (QED) is 0.604. The molecular weight excluding hydrogens is 302 g/mol. The van der Waals surface area contributed by atoms with Crippen LogP contribution in [0.2, 0.25) is 0 Å². The first-order chi connectivity index (χ1) is 11.7. The summed E-state index contributed by atoms with van der Waals surface area (Å²) in [5.41, 5.74) is 4.49. The zero-order chi connectivity index (χ0) is 16.5. The van der Waals surface area contributed by atoms with Gasteiger partial charge >= 0.3 is 0 Å². The third-order valence-electron chi connectivity index (χ3n) is 3.82. The monoisotopic (exact) mass is 317 g/mol. The highest BCUT2D eigenvalue weighted by atomic mass is 16.3. The molecule has 6 heteroatoms. The second-order valence-corrected chi connectivity index (χ2v) is 5.49. The van der Waals surface area contributed by atoms with Crippen molar-refractivity contribution in [2.24, 2.45) is 0 Å². The number of nitrogens with one attached hydrogen (secondary N) is 1. The van der Waals surface area contributed by atoms with Crippen molar-refractivity contribution >= 4 is 17.2 Å². The zero-order valence-electron chi connectivity index (χ0n) is 13.0. The van der Waals surface area contributed by atoms with Crippen LogP contribution in [0.15, 0.2) is 61.1 Å². The lowest BCUT2D eigenvalue weighted by molar-refractivity contribution is 0.475. The molecule has 24 heavy (non-hydrogen) atoms. The minimum atomic E-state index is 0.212. The summed E-state index contributed by atoms with van der Waals surface area (Å²) in [7, 11) is 0. The standard InChI is InChI=1S/C18H15N5O/c1-12-2-3-14(24)10-15(12)21-17-4-5-18-20-11-16(23(18)22-17)13-6-8-19-9-7-13/h2-11,24H,1H3,(H,21,22). The number of hydrogen-bond donors (Lipinski definition) is 2. The number of phenolic OH excluding ortho intramolecular Hbond substituents is 1. The molecule has 2 N–H and O–H groups in total. The Hall–Kier alpha value is -3.41. The van der Waals surface area contributed by atoms with Crippen LogP contribution in [0, 0.1) is 6.92 Å². The van der Waals surface area contributed by atoms with Gasteiger partial charge in [-0.25, -0.2) is 9.50 Å². The van der Waals surface area contributed by atoms with Crippen LogP contribution in [0.4, 0.5) is 11.5 Å². The number of hydrogen-bond acceptors (Lipinski definition) is 5. The van der Waals surface area contributed by atoms with Gasteiger partial charge in [0, 0.05) is 29.7 Å². The lowest BCUT2D eigenvalue weighted by Crippen LogP contribution is -2.01. The van der Waals surface area contributed by atoms with E-state index in [1.165, 1.54) is 0 Å². The van der Waals surface area contributed by atoms with Gasteiger partial charge in [-0.2, -0.15) is 0 Å². The highest BCUT2D eigenvalue weighted by Gasteiger charge is 2.09. The fraction of sp³-hybridized carbons (Fsp3) is 0.0556. The molecule has 3 aromatic heterocycles. The Bertz CT molecular complexity index is 1010. The SMILES string of the molecule is Cc1ccc(O)cc1Nc1ccc2ncc(-c3ccncc3)n2n1. The molecule has 0 unspecified atom stereocenters. The van der Waals surface area contributed by atoms with Gasteiger partial charge in [-0.3, -0.25) is 4.98 Å². The Kier molecular flexibility index (Phi) is 3.35. The van der Waals surface area contributed by atoms with Crippen LogP contribution in [-0.2, 0) is 0 Å². The fourth-order valence-electron chi connectivity index (χ4n) is 2.54. The zero-order valence-corrected chi connectivity index (χ0v) is 13.0. The lowest BCUT2D eigenvalue weighted by atomic mass is 10.2. The molecule has 0 fully saturated rings. The minimum Gasteiger partial charge on any atom is -0.508 e. The van der Waals surface area contributed by atoms with Crippen molar-refractivity contribution < 1.29 is 5.11 Å². The maximum Gasteiger partial charge on any atom is 0.154 e. The number of aromatic nitrogens is 4. The van der Waals surface area contributed by atoms with E-state index in [1.54, 1.807) is 35.2 Å². The normalized spacial score (nSPS) is 10.9. The van der Waals surface area contributed by atoms with E-state index in [0.29, 0.717) is 5.82 Å². The largest absolute Gasteiger partial charge is 0.508 e. The average molecular weight is 317 g/mol. The van der Waals surface area contributed by atoms with Gasteiger partial charge in [-0.05, 0) is 42.8 Å². The number of nitrogens with zero attached hydrogens (tertiary/aromatic N) is 4. The van der Waals surface area contributed by atoms with Crippen LogP contribution in [0.25, 0.3) is 16.9 Å². The number of rotatable bonds is 3. The second-order valence-electron chi connectivity index (χ2n) is 5.49. The summed E-state index contributed by atoms with van der Waals surface area (Å²) in [6, 6.07) is 12.8. The predicted molar refractivity (Wildman–Crippen MR) is 92.3 cm³/mol. The van der Waals surface area contributed by atoms with Crippen molar-refractivity contribution in [2.75, 3.05) is 5.32 Å². The first-order valence-electron chi connectivity index (χ1n) is 7.52. The molecule has 6 nitrogen and oxygen atoms in total. The van der Waals surface area contributed by atoms with Gasteiger partial charge in [0.15, 0.2) is 11.5 Å².